The zero-order valence-electron chi connectivity index (χ0n) is 34.3. The molecule has 0 radical (unpaired) electrons. The number of aryl methyl sites for hydroxylation is 1. The minimum atomic E-state index is -0.441. The summed E-state index contributed by atoms with van der Waals surface area (Å²) in [6.07, 6.45) is 4.13. The highest BCUT2D eigenvalue weighted by atomic mass is 32.1. The number of benzene rings is 3. The fraction of sp³-hybridized carbons (Fsp3) is 0.364. The van der Waals surface area contributed by atoms with Crippen molar-refractivity contribution in [1.82, 2.24) is 19.9 Å². The molecule has 7 rings (SSSR count). The number of hydrogen-bond donors (Lipinski definition) is 3. The van der Waals surface area contributed by atoms with Gasteiger partial charge in [0.05, 0.1) is 36.7 Å². The maximum absolute atomic E-state index is 13.9. The highest BCUT2D eigenvalue weighted by Crippen LogP contribution is 2.42. The number of fused-ring (bicyclic) bond motifs is 4. The Labute approximate surface area is 347 Å². The van der Waals surface area contributed by atoms with Crippen molar-refractivity contribution in [3.8, 4) is 22.8 Å². The Kier molecular flexibility index (Phi) is 12.1. The molecule has 3 aromatic carbocycles. The monoisotopic (exact) mass is 818 g/mol. The Hall–Kier alpha value is -6.06. The number of imidazole rings is 1. The number of Topliss-reactive ketones (excluding diaryl/α,β-unsaturated/α-hetero) is 1. The summed E-state index contributed by atoms with van der Waals surface area (Å²) in [6, 6.07) is 18.8. The second kappa shape index (κ2) is 17.4. The predicted octanol–water partition coefficient (Wildman–Crippen LogP) is 6.83. The summed E-state index contributed by atoms with van der Waals surface area (Å²) < 4.78 is 13.3. The second-order valence-corrected chi connectivity index (χ2v) is 16.7. The number of para-hydroxylation sites is 1. The fourth-order valence-corrected chi connectivity index (χ4v) is 8.46. The average Bonchev–Trinajstić information content (AvgIpc) is 3.94. The molecule has 15 heteroatoms. The molecule has 2 aliphatic heterocycles. The van der Waals surface area contributed by atoms with Gasteiger partial charge in [0.1, 0.15) is 0 Å². The molecule has 0 fully saturated rings. The van der Waals surface area contributed by atoms with E-state index < -0.39 is 5.91 Å². The van der Waals surface area contributed by atoms with E-state index in [1.165, 1.54) is 24.0 Å². The van der Waals surface area contributed by atoms with Gasteiger partial charge in [-0.05, 0) is 68.1 Å². The number of likely N-dealkylation sites (N-methyl/N-ethyl adjacent to an activating group) is 1. The smallest absolute Gasteiger partial charge is 0.291 e. The van der Waals surface area contributed by atoms with Gasteiger partial charge in [-0.2, -0.15) is 0 Å². The van der Waals surface area contributed by atoms with Gasteiger partial charge in [-0.1, -0.05) is 44.2 Å². The number of anilines is 4. The minimum Gasteiger partial charge on any atom is -0.493 e. The molecular weight excluding hydrogens is 769 g/mol. The fourth-order valence-electron chi connectivity index (χ4n) is 7.66. The molecule has 0 aliphatic carbocycles. The van der Waals surface area contributed by atoms with E-state index in [1.54, 1.807) is 36.0 Å². The van der Waals surface area contributed by atoms with E-state index in [1.807, 2.05) is 60.8 Å². The zero-order valence-corrected chi connectivity index (χ0v) is 35.1. The molecule has 1 atom stereocenters. The van der Waals surface area contributed by atoms with Gasteiger partial charge in [0.25, 0.3) is 11.8 Å². The summed E-state index contributed by atoms with van der Waals surface area (Å²) in [5.74, 6) is 0.545. The summed E-state index contributed by atoms with van der Waals surface area (Å²) in [5, 5.41) is 11.2. The standard InChI is InChI=1S/C44H50N8O6S/c1-44(2,26-45-3)18-17-35(53)42-47-32(25-59-42)27-13-15-29(16-14-27)46-41(55)40-49-38(24-51(40)5)48-39(54)12-9-19-58-37-22-34-31(21-36(37)57-6)43(56)52-30(23-50(34)4)20-28-10-7-8-11-33(28)52/h7-8,10-11,13-16,21-22,24-25,30,45H,9,12,17-20,23,26H2,1-6H3,(H,46,55)(H,48,54)/t30-/m0/s1. The Morgan fingerprint density at radius 2 is 1.75 bits per heavy atom. The number of carbonyl (C=O) groups is 4. The van der Waals surface area contributed by atoms with Crippen LogP contribution in [0.5, 0.6) is 11.5 Å². The van der Waals surface area contributed by atoms with Crippen LogP contribution in [-0.2, 0) is 18.3 Å². The molecule has 0 saturated heterocycles. The maximum atomic E-state index is 13.9. The maximum Gasteiger partial charge on any atom is 0.291 e. The summed E-state index contributed by atoms with van der Waals surface area (Å²) in [4.78, 5) is 65.6. The van der Waals surface area contributed by atoms with E-state index in [-0.39, 0.29) is 53.7 Å². The molecule has 3 N–H and O–H groups in total. The number of nitrogens with zero attached hydrogens (tertiary/aromatic N) is 5. The molecule has 5 aromatic rings. The van der Waals surface area contributed by atoms with E-state index in [0.29, 0.717) is 52.8 Å². The van der Waals surface area contributed by atoms with E-state index in [0.717, 1.165) is 36.3 Å². The third kappa shape index (κ3) is 9.16. The van der Waals surface area contributed by atoms with E-state index >= 15 is 0 Å². The van der Waals surface area contributed by atoms with Crippen LogP contribution in [0, 0.1) is 5.41 Å². The largest absolute Gasteiger partial charge is 0.493 e. The van der Waals surface area contributed by atoms with Gasteiger partial charge in [-0.15, -0.1) is 11.3 Å². The molecule has 2 aromatic heterocycles. The van der Waals surface area contributed by atoms with Crippen molar-refractivity contribution in [2.45, 2.75) is 52.0 Å². The summed E-state index contributed by atoms with van der Waals surface area (Å²) in [6.45, 7) is 6.00. The lowest BCUT2D eigenvalue weighted by Crippen LogP contribution is -2.41. The summed E-state index contributed by atoms with van der Waals surface area (Å²) in [5.41, 5.74) is 5.52. The molecular formula is C44H50N8O6S. The molecule has 308 valence electrons. The zero-order chi connectivity index (χ0) is 41.8. The molecule has 4 heterocycles. The van der Waals surface area contributed by atoms with Crippen molar-refractivity contribution in [2.75, 3.05) is 61.3 Å². The van der Waals surface area contributed by atoms with Crippen LogP contribution in [0.4, 0.5) is 22.9 Å². The number of hydrogen-bond acceptors (Lipinski definition) is 11. The SMILES string of the molecule is CNCC(C)(C)CCC(=O)c1nc(-c2ccc(NC(=O)c3nc(NC(=O)CCCOc4cc5c(cc4OC)C(=O)N4c6ccccc6C[C@H]4CN5C)cn3C)cc2)cs1. The van der Waals surface area contributed by atoms with Gasteiger partial charge in [-0.3, -0.25) is 19.2 Å². The Morgan fingerprint density at radius 1 is 0.966 bits per heavy atom. The van der Waals surface area contributed by atoms with Gasteiger partial charge in [0.15, 0.2) is 28.1 Å². The number of nitrogens with one attached hydrogen (secondary N) is 3. The number of ether oxygens (including phenoxy) is 2. The second-order valence-electron chi connectivity index (χ2n) is 15.8. The third-order valence-electron chi connectivity index (χ3n) is 10.7. The quantitative estimate of drug-likeness (QED) is 0.0712. The number of aromatic nitrogens is 3. The first-order valence-electron chi connectivity index (χ1n) is 19.7. The Morgan fingerprint density at radius 3 is 2.51 bits per heavy atom. The van der Waals surface area contributed by atoms with Gasteiger partial charge in [0, 0.05) is 68.1 Å². The molecule has 0 bridgehead atoms. The van der Waals surface area contributed by atoms with Crippen LogP contribution < -0.4 is 35.2 Å². The van der Waals surface area contributed by atoms with Crippen LogP contribution in [0.3, 0.4) is 0 Å². The highest BCUT2D eigenvalue weighted by molar-refractivity contribution is 7.12. The molecule has 59 heavy (non-hydrogen) atoms. The predicted molar refractivity (Wildman–Crippen MR) is 230 cm³/mol. The average molecular weight is 819 g/mol. The number of rotatable bonds is 16. The van der Waals surface area contributed by atoms with Crippen LogP contribution >= 0.6 is 11.3 Å². The van der Waals surface area contributed by atoms with Crippen molar-refractivity contribution in [2.24, 2.45) is 12.5 Å². The van der Waals surface area contributed by atoms with E-state index in [4.69, 9.17) is 9.47 Å². The topological polar surface area (TPSA) is 160 Å². The molecule has 2 aliphatic rings. The first-order valence-corrected chi connectivity index (χ1v) is 20.6. The highest BCUT2D eigenvalue weighted by Gasteiger charge is 2.39. The van der Waals surface area contributed by atoms with Crippen LogP contribution in [0.2, 0.25) is 0 Å². The lowest BCUT2D eigenvalue weighted by atomic mass is 9.87. The molecule has 0 unspecified atom stereocenters. The molecule has 0 saturated carbocycles. The number of carbonyl (C=O) groups excluding carboxylic acids is 4. The number of amides is 3. The van der Waals surface area contributed by atoms with Gasteiger partial charge < -0.3 is 39.8 Å². The number of thiazole rings is 1. The Balaban J connectivity index is 0.895. The van der Waals surface area contributed by atoms with Gasteiger partial charge in [0.2, 0.25) is 11.7 Å². The van der Waals surface area contributed by atoms with Crippen LogP contribution in [-0.4, -0.2) is 85.0 Å². The van der Waals surface area contributed by atoms with Crippen molar-refractivity contribution in [1.29, 1.82) is 0 Å². The van der Waals surface area contributed by atoms with Gasteiger partial charge >= 0.3 is 0 Å². The molecule has 14 nitrogen and oxygen atoms in total. The molecule has 0 spiro atoms. The summed E-state index contributed by atoms with van der Waals surface area (Å²) in [7, 11) is 7.10. The Bertz CT molecular complexity index is 2370. The van der Waals surface area contributed by atoms with Gasteiger partial charge in [-0.25, -0.2) is 9.97 Å². The third-order valence-corrected chi connectivity index (χ3v) is 11.6. The number of methoxy groups -OCH3 is 1. The van der Waals surface area contributed by atoms with Crippen molar-refractivity contribution in [3.05, 3.63) is 94.2 Å². The first-order chi connectivity index (χ1) is 28.3. The number of ketones is 1. The lowest BCUT2D eigenvalue weighted by Gasteiger charge is -2.25. The van der Waals surface area contributed by atoms with Crippen LogP contribution in [0.15, 0.2) is 72.2 Å². The molecule has 3 amide bonds. The summed E-state index contributed by atoms with van der Waals surface area (Å²) >= 11 is 1.34. The van der Waals surface area contributed by atoms with Crippen LogP contribution in [0.25, 0.3) is 11.3 Å². The van der Waals surface area contributed by atoms with Crippen LogP contribution in [0.1, 0.15) is 75.9 Å². The first kappa shape index (κ1) is 41.1. The minimum absolute atomic E-state index is 0.0165. The van der Waals surface area contributed by atoms with E-state index in [9.17, 15) is 19.2 Å². The normalized spacial score (nSPS) is 14.6. The van der Waals surface area contributed by atoms with E-state index in [2.05, 4.69) is 50.7 Å². The lowest BCUT2D eigenvalue weighted by molar-refractivity contribution is -0.116. The van der Waals surface area contributed by atoms with Crippen molar-refractivity contribution >= 4 is 57.7 Å². The van der Waals surface area contributed by atoms with Crippen molar-refractivity contribution in [3.63, 3.8) is 0 Å². The van der Waals surface area contributed by atoms with Crippen molar-refractivity contribution < 1.29 is 28.7 Å².